The third-order valence-corrected chi connectivity index (χ3v) is 5.44. The number of amides is 1. The number of aromatic nitrogens is 2. The van der Waals surface area contributed by atoms with E-state index in [4.69, 9.17) is 0 Å². The number of carbonyl (C=O) groups excluding carboxylic acids is 1. The summed E-state index contributed by atoms with van der Waals surface area (Å²) in [6.45, 7) is 3.79. The molecule has 0 aliphatic carbocycles. The van der Waals surface area contributed by atoms with Crippen LogP contribution in [0, 0.1) is 5.92 Å². The summed E-state index contributed by atoms with van der Waals surface area (Å²) in [6.07, 6.45) is -8.28. The molecule has 5 nitrogen and oxygen atoms in total. The highest BCUT2D eigenvalue weighted by Gasteiger charge is 2.57. The van der Waals surface area contributed by atoms with Gasteiger partial charge in [0.15, 0.2) is 5.54 Å². The van der Waals surface area contributed by atoms with Crippen molar-refractivity contribution in [1.82, 2.24) is 14.7 Å². The van der Waals surface area contributed by atoms with Crippen LogP contribution in [0.5, 0.6) is 0 Å². The fourth-order valence-electron chi connectivity index (χ4n) is 3.38. The summed E-state index contributed by atoms with van der Waals surface area (Å²) >= 11 is 0. The number of hydrogen-bond donors (Lipinski definition) is 1. The maximum atomic E-state index is 13.4. The zero-order valence-electron chi connectivity index (χ0n) is 15.9. The van der Waals surface area contributed by atoms with Gasteiger partial charge in [-0.15, -0.1) is 0 Å². The molecule has 1 aromatic rings. The van der Waals surface area contributed by atoms with Gasteiger partial charge in [0.1, 0.15) is 0 Å². The minimum Gasteiger partial charge on any atom is -0.373 e. The van der Waals surface area contributed by atoms with Crippen molar-refractivity contribution in [3.63, 3.8) is 0 Å². The number of halogens is 6. The monoisotopic (exact) mass is 415 g/mol. The van der Waals surface area contributed by atoms with Gasteiger partial charge in [0.25, 0.3) is 5.91 Å². The molecule has 1 aliphatic heterocycles. The van der Waals surface area contributed by atoms with Crippen LogP contribution < -0.4 is 0 Å². The first-order valence-electron chi connectivity index (χ1n) is 8.71. The van der Waals surface area contributed by atoms with Crippen LogP contribution in [0.4, 0.5) is 26.3 Å². The lowest BCUT2D eigenvalue weighted by atomic mass is 9.83. The van der Waals surface area contributed by atoms with E-state index in [1.165, 1.54) is 12.3 Å². The number of alkyl halides is 6. The summed E-state index contributed by atoms with van der Waals surface area (Å²) in [7, 11) is 0. The predicted molar refractivity (Wildman–Crippen MR) is 87.4 cm³/mol. The van der Waals surface area contributed by atoms with E-state index >= 15 is 0 Å². The van der Waals surface area contributed by atoms with Crippen LogP contribution in [0.25, 0.3) is 0 Å². The van der Waals surface area contributed by atoms with Crippen LogP contribution in [0.2, 0.25) is 0 Å². The summed E-state index contributed by atoms with van der Waals surface area (Å²) in [6, 6.07) is 1.46. The summed E-state index contributed by atoms with van der Waals surface area (Å²) in [5, 5.41) is 13.4. The van der Waals surface area contributed by atoms with Gasteiger partial charge in [0.2, 0.25) is 5.60 Å². The quantitative estimate of drug-likeness (QED) is 0.770. The van der Waals surface area contributed by atoms with Gasteiger partial charge in [-0.25, -0.2) is 0 Å². The molecule has 0 spiro atoms. The zero-order valence-corrected chi connectivity index (χ0v) is 15.9. The van der Waals surface area contributed by atoms with Gasteiger partial charge in [0, 0.05) is 30.9 Å². The Balaban J connectivity index is 2.23. The Morgan fingerprint density at radius 2 is 1.71 bits per heavy atom. The normalized spacial score (nSPS) is 24.2. The number of aliphatic hydroxyl groups is 1. The van der Waals surface area contributed by atoms with Crippen LogP contribution in [0.1, 0.15) is 45.7 Å². The van der Waals surface area contributed by atoms with Gasteiger partial charge in [-0.1, -0.05) is 6.92 Å². The molecule has 0 radical (unpaired) electrons. The van der Waals surface area contributed by atoms with Crippen molar-refractivity contribution in [2.75, 3.05) is 13.1 Å². The Morgan fingerprint density at radius 1 is 1.14 bits per heavy atom. The molecule has 28 heavy (non-hydrogen) atoms. The lowest BCUT2D eigenvalue weighted by Gasteiger charge is -2.41. The lowest BCUT2D eigenvalue weighted by molar-refractivity contribution is -0.250. The smallest absolute Gasteiger partial charge is 0.373 e. The van der Waals surface area contributed by atoms with Crippen molar-refractivity contribution in [3.8, 4) is 0 Å². The first-order chi connectivity index (χ1) is 12.5. The molecule has 1 saturated heterocycles. The second-order valence-electron chi connectivity index (χ2n) is 7.92. The van der Waals surface area contributed by atoms with Crippen molar-refractivity contribution >= 4 is 5.91 Å². The molecule has 0 unspecified atom stereocenters. The highest BCUT2D eigenvalue weighted by atomic mass is 19.4. The standard InChI is InChI=1S/C17H23F6N3O2/c1-10-9-25(13(27)15(4,28)17(21,22)23)8-6-11(10)12-5-7-24-26(12)14(2,3)16(18,19)20/h5,7,10-11,28H,6,8-9H2,1-4H3/t10-,11+,15-/m1/s1. The first-order valence-corrected chi connectivity index (χ1v) is 8.71. The molecule has 2 rings (SSSR count). The molecule has 11 heteroatoms. The Kier molecular flexibility index (Phi) is 5.57. The largest absolute Gasteiger partial charge is 0.426 e. The lowest BCUT2D eigenvalue weighted by Crippen LogP contribution is -2.58. The van der Waals surface area contributed by atoms with Gasteiger partial charge < -0.3 is 10.0 Å². The van der Waals surface area contributed by atoms with E-state index in [1.54, 1.807) is 6.92 Å². The van der Waals surface area contributed by atoms with E-state index in [2.05, 4.69) is 5.10 Å². The molecule has 1 amide bonds. The van der Waals surface area contributed by atoms with Crippen molar-refractivity contribution in [2.45, 2.75) is 63.5 Å². The molecule has 3 atom stereocenters. The molecule has 1 aliphatic rings. The molecule has 2 heterocycles. The minimum absolute atomic E-state index is 0.113. The molecular weight excluding hydrogens is 392 g/mol. The number of piperidine rings is 1. The molecule has 0 aromatic carbocycles. The summed E-state index contributed by atoms with van der Waals surface area (Å²) in [5.41, 5.74) is -5.47. The Labute approximate surface area is 158 Å². The molecule has 1 N–H and O–H groups in total. The van der Waals surface area contributed by atoms with Crippen LogP contribution in [0.3, 0.4) is 0 Å². The van der Waals surface area contributed by atoms with Crippen LogP contribution in [0.15, 0.2) is 12.3 Å². The predicted octanol–water partition coefficient (Wildman–Crippen LogP) is 3.45. The van der Waals surface area contributed by atoms with E-state index in [0.717, 1.165) is 23.4 Å². The second kappa shape index (κ2) is 6.93. The van der Waals surface area contributed by atoms with E-state index < -0.39 is 41.2 Å². The van der Waals surface area contributed by atoms with Crippen molar-refractivity contribution in [3.05, 3.63) is 18.0 Å². The fourth-order valence-corrected chi connectivity index (χ4v) is 3.38. The number of nitrogens with zero attached hydrogens (tertiary/aromatic N) is 3. The van der Waals surface area contributed by atoms with Crippen molar-refractivity contribution in [2.24, 2.45) is 5.92 Å². The van der Waals surface area contributed by atoms with E-state index in [9.17, 15) is 36.2 Å². The maximum absolute atomic E-state index is 13.4. The summed E-state index contributed by atoms with van der Waals surface area (Å²) in [5.74, 6) is -2.32. The summed E-state index contributed by atoms with van der Waals surface area (Å²) in [4.78, 5) is 13.1. The second-order valence-corrected chi connectivity index (χ2v) is 7.92. The maximum Gasteiger partial charge on any atom is 0.426 e. The molecule has 0 saturated carbocycles. The Hall–Kier alpha value is -1.78. The van der Waals surface area contributed by atoms with E-state index in [0.29, 0.717) is 12.6 Å². The Morgan fingerprint density at radius 3 is 2.18 bits per heavy atom. The van der Waals surface area contributed by atoms with Gasteiger partial charge in [-0.05, 0) is 39.2 Å². The van der Waals surface area contributed by atoms with Gasteiger partial charge >= 0.3 is 12.4 Å². The zero-order chi connectivity index (χ0) is 21.7. The van der Waals surface area contributed by atoms with Crippen molar-refractivity contribution in [1.29, 1.82) is 0 Å². The third-order valence-electron chi connectivity index (χ3n) is 5.44. The Bertz CT molecular complexity index is 723. The molecule has 1 aromatic heterocycles. The highest BCUT2D eigenvalue weighted by molar-refractivity contribution is 5.85. The van der Waals surface area contributed by atoms with Gasteiger partial charge in [0.05, 0.1) is 0 Å². The average molecular weight is 415 g/mol. The van der Waals surface area contributed by atoms with Crippen LogP contribution in [-0.4, -0.2) is 56.7 Å². The van der Waals surface area contributed by atoms with Crippen LogP contribution in [-0.2, 0) is 10.3 Å². The first kappa shape index (κ1) is 22.5. The molecule has 1 fully saturated rings. The number of carbonyl (C=O) groups is 1. The van der Waals surface area contributed by atoms with Crippen molar-refractivity contribution < 1.29 is 36.2 Å². The summed E-state index contributed by atoms with van der Waals surface area (Å²) < 4.78 is 79.8. The highest BCUT2D eigenvalue weighted by Crippen LogP contribution is 2.41. The van der Waals surface area contributed by atoms with Crippen LogP contribution >= 0.6 is 0 Å². The van der Waals surface area contributed by atoms with E-state index in [1.807, 2.05) is 0 Å². The molecule has 0 bridgehead atoms. The number of rotatable bonds is 3. The number of hydrogen-bond acceptors (Lipinski definition) is 3. The fraction of sp³-hybridized carbons (Fsp3) is 0.765. The topological polar surface area (TPSA) is 58.4 Å². The third kappa shape index (κ3) is 3.72. The molecule has 160 valence electrons. The van der Waals surface area contributed by atoms with E-state index in [-0.39, 0.29) is 19.5 Å². The molecular formula is C17H23F6N3O2. The number of likely N-dealkylation sites (tertiary alicyclic amines) is 1. The average Bonchev–Trinajstić information content (AvgIpc) is 3.01. The van der Waals surface area contributed by atoms with Gasteiger partial charge in [-0.3, -0.25) is 9.48 Å². The minimum atomic E-state index is -5.13. The van der Waals surface area contributed by atoms with Gasteiger partial charge in [-0.2, -0.15) is 31.4 Å². The SMILES string of the molecule is C[C@@H]1CN(C(=O)[C@@](C)(O)C(F)(F)F)CC[C@@H]1c1ccnn1C(C)(C)C(F)(F)F.